The first-order chi connectivity index (χ1) is 5.74. The van der Waals surface area contributed by atoms with Gasteiger partial charge in [-0.25, -0.2) is 4.79 Å². The van der Waals surface area contributed by atoms with Crippen LogP contribution in [-0.4, -0.2) is 30.1 Å². The monoisotopic (exact) mass is 166 g/mol. The summed E-state index contributed by atoms with van der Waals surface area (Å²) in [6.07, 6.45) is 7.35. The fourth-order valence-corrected chi connectivity index (χ4v) is 1.24. The molecule has 1 fully saturated rings. The van der Waals surface area contributed by atoms with Gasteiger partial charge in [0, 0.05) is 13.1 Å². The van der Waals surface area contributed by atoms with E-state index in [1.54, 1.807) is 11.8 Å². The number of nitrogens with one attached hydrogen (secondary N) is 1. The summed E-state index contributed by atoms with van der Waals surface area (Å²) in [6.45, 7) is 3.53. The maximum absolute atomic E-state index is 11.3. The molecule has 1 unspecified atom stereocenters. The van der Waals surface area contributed by atoms with E-state index < -0.39 is 0 Å². The second-order valence-electron chi connectivity index (χ2n) is 3.03. The second kappa shape index (κ2) is 4.01. The minimum Gasteiger partial charge on any atom is -0.325 e. The molecule has 0 aromatic rings. The number of terminal acetylenes is 1. The number of carbonyl (C=O) groups excluding carboxylic acids is 1. The smallest absolute Gasteiger partial charge is 0.318 e. The zero-order valence-corrected chi connectivity index (χ0v) is 7.34. The highest BCUT2D eigenvalue weighted by Crippen LogP contribution is 2.06. The molecule has 1 atom stereocenters. The van der Waals surface area contributed by atoms with E-state index >= 15 is 0 Å². The van der Waals surface area contributed by atoms with Crippen LogP contribution in [0, 0.1) is 12.3 Å². The van der Waals surface area contributed by atoms with Gasteiger partial charge in [0.15, 0.2) is 0 Å². The molecule has 1 aliphatic heterocycles. The summed E-state index contributed by atoms with van der Waals surface area (Å²) in [5.74, 6) is 2.46. The van der Waals surface area contributed by atoms with Gasteiger partial charge < -0.3 is 10.2 Å². The zero-order valence-electron chi connectivity index (χ0n) is 7.34. The van der Waals surface area contributed by atoms with Gasteiger partial charge >= 0.3 is 6.03 Å². The molecule has 1 aliphatic rings. The Morgan fingerprint density at radius 2 is 2.17 bits per heavy atom. The van der Waals surface area contributed by atoms with Crippen molar-refractivity contribution in [2.75, 3.05) is 13.1 Å². The van der Waals surface area contributed by atoms with Gasteiger partial charge in [-0.3, -0.25) is 0 Å². The highest BCUT2D eigenvalue weighted by atomic mass is 16.2. The molecule has 3 heteroatoms. The summed E-state index contributed by atoms with van der Waals surface area (Å²) in [6, 6.07) is -0.198. The molecule has 0 aliphatic carbocycles. The predicted octanol–water partition coefficient (Wildman–Crippen LogP) is 0.813. The lowest BCUT2D eigenvalue weighted by Crippen LogP contribution is -2.41. The summed E-state index contributed by atoms with van der Waals surface area (Å²) in [5.41, 5.74) is 0. The third kappa shape index (κ3) is 2.16. The normalized spacial score (nSPS) is 18.5. The molecule has 66 valence electrons. The van der Waals surface area contributed by atoms with E-state index in [1.807, 2.05) is 0 Å². The average molecular weight is 166 g/mol. The zero-order chi connectivity index (χ0) is 8.97. The highest BCUT2D eigenvalue weighted by Gasteiger charge is 2.18. The third-order valence-corrected chi connectivity index (χ3v) is 1.98. The van der Waals surface area contributed by atoms with Crippen LogP contribution in [0.2, 0.25) is 0 Å². The molecule has 1 rings (SSSR count). The number of nitrogens with zero attached hydrogens (tertiary/aromatic N) is 1. The second-order valence-corrected chi connectivity index (χ2v) is 3.03. The van der Waals surface area contributed by atoms with Crippen molar-refractivity contribution in [2.24, 2.45) is 0 Å². The summed E-state index contributed by atoms with van der Waals surface area (Å²) < 4.78 is 0. The van der Waals surface area contributed by atoms with Crippen LogP contribution in [0.25, 0.3) is 0 Å². The molecule has 2 amide bonds. The molecule has 0 bridgehead atoms. The van der Waals surface area contributed by atoms with Gasteiger partial charge in [0.25, 0.3) is 0 Å². The van der Waals surface area contributed by atoms with Crippen molar-refractivity contribution in [2.45, 2.75) is 25.8 Å². The standard InChI is InChI=1S/C9H14N2O/c1-3-8(2)10-9(12)11-6-4-5-7-11/h1,8H,4-7H2,2H3,(H,10,12). The molecule has 0 radical (unpaired) electrons. The van der Waals surface area contributed by atoms with Crippen LogP contribution in [0.3, 0.4) is 0 Å². The number of hydrogen-bond acceptors (Lipinski definition) is 1. The number of hydrogen-bond donors (Lipinski definition) is 1. The maximum atomic E-state index is 11.3. The Morgan fingerprint density at radius 1 is 1.58 bits per heavy atom. The largest absolute Gasteiger partial charge is 0.325 e. The van der Waals surface area contributed by atoms with E-state index in [9.17, 15) is 4.79 Å². The van der Waals surface area contributed by atoms with Gasteiger partial charge in [0.2, 0.25) is 0 Å². The summed E-state index contributed by atoms with van der Waals surface area (Å²) in [5, 5.41) is 2.72. The van der Waals surface area contributed by atoms with Gasteiger partial charge in [0.05, 0.1) is 6.04 Å². The average Bonchev–Trinajstić information content (AvgIpc) is 2.56. The lowest BCUT2D eigenvalue weighted by atomic mass is 10.4. The van der Waals surface area contributed by atoms with Crippen molar-refractivity contribution in [3.8, 4) is 12.3 Å². The summed E-state index contributed by atoms with van der Waals surface area (Å²) in [4.78, 5) is 13.1. The predicted molar refractivity (Wildman–Crippen MR) is 47.6 cm³/mol. The molecule has 0 spiro atoms. The fourth-order valence-electron chi connectivity index (χ4n) is 1.24. The van der Waals surface area contributed by atoms with Crippen LogP contribution in [-0.2, 0) is 0 Å². The minimum absolute atomic E-state index is 0.0297. The molecule has 0 saturated carbocycles. The molecular weight excluding hydrogens is 152 g/mol. The van der Waals surface area contributed by atoms with Crippen molar-refractivity contribution in [1.82, 2.24) is 10.2 Å². The van der Waals surface area contributed by atoms with E-state index in [0.29, 0.717) is 0 Å². The van der Waals surface area contributed by atoms with Crippen molar-refractivity contribution in [3.05, 3.63) is 0 Å². The fraction of sp³-hybridized carbons (Fsp3) is 0.667. The number of amides is 2. The van der Waals surface area contributed by atoms with E-state index in [1.165, 1.54) is 0 Å². The summed E-state index contributed by atoms with van der Waals surface area (Å²) in [7, 11) is 0. The van der Waals surface area contributed by atoms with Gasteiger partial charge in [-0.15, -0.1) is 6.42 Å². The van der Waals surface area contributed by atoms with Gasteiger partial charge in [-0.2, -0.15) is 0 Å². The van der Waals surface area contributed by atoms with Crippen LogP contribution >= 0.6 is 0 Å². The number of urea groups is 1. The molecule has 1 saturated heterocycles. The minimum atomic E-state index is -0.168. The Labute approximate surface area is 73.1 Å². The van der Waals surface area contributed by atoms with Gasteiger partial charge in [0.1, 0.15) is 0 Å². The maximum Gasteiger partial charge on any atom is 0.318 e. The third-order valence-electron chi connectivity index (χ3n) is 1.98. The van der Waals surface area contributed by atoms with Crippen LogP contribution < -0.4 is 5.32 Å². The van der Waals surface area contributed by atoms with Gasteiger partial charge in [-0.05, 0) is 19.8 Å². The first-order valence-corrected chi connectivity index (χ1v) is 4.25. The number of likely N-dealkylation sites (tertiary alicyclic amines) is 1. The van der Waals surface area contributed by atoms with Crippen molar-refractivity contribution in [3.63, 3.8) is 0 Å². The van der Waals surface area contributed by atoms with Crippen molar-refractivity contribution in [1.29, 1.82) is 0 Å². The van der Waals surface area contributed by atoms with E-state index in [0.717, 1.165) is 25.9 Å². The van der Waals surface area contributed by atoms with Crippen LogP contribution in [0.4, 0.5) is 4.79 Å². The Hall–Kier alpha value is -1.17. The van der Waals surface area contributed by atoms with Crippen molar-refractivity contribution >= 4 is 6.03 Å². The molecular formula is C9H14N2O. The Kier molecular flexibility index (Phi) is 2.98. The number of rotatable bonds is 1. The lowest BCUT2D eigenvalue weighted by Gasteiger charge is -2.17. The Morgan fingerprint density at radius 3 is 2.67 bits per heavy atom. The van der Waals surface area contributed by atoms with Gasteiger partial charge in [-0.1, -0.05) is 5.92 Å². The number of carbonyl (C=O) groups is 1. The van der Waals surface area contributed by atoms with Crippen LogP contribution in [0.1, 0.15) is 19.8 Å². The Balaban J connectivity index is 2.33. The molecule has 1 N–H and O–H groups in total. The quantitative estimate of drug-likeness (QED) is 0.574. The first kappa shape index (κ1) is 8.92. The van der Waals surface area contributed by atoms with E-state index in [-0.39, 0.29) is 12.1 Å². The van der Waals surface area contributed by atoms with E-state index in [4.69, 9.17) is 6.42 Å². The first-order valence-electron chi connectivity index (χ1n) is 4.25. The van der Waals surface area contributed by atoms with Crippen molar-refractivity contribution < 1.29 is 4.79 Å². The SMILES string of the molecule is C#CC(C)NC(=O)N1CCCC1. The molecule has 1 heterocycles. The summed E-state index contributed by atoms with van der Waals surface area (Å²) >= 11 is 0. The topological polar surface area (TPSA) is 32.3 Å². The lowest BCUT2D eigenvalue weighted by molar-refractivity contribution is 0.207. The van der Waals surface area contributed by atoms with Crippen LogP contribution in [0.5, 0.6) is 0 Å². The molecule has 12 heavy (non-hydrogen) atoms. The molecule has 0 aromatic carbocycles. The van der Waals surface area contributed by atoms with E-state index in [2.05, 4.69) is 11.2 Å². The molecule has 3 nitrogen and oxygen atoms in total. The van der Waals surface area contributed by atoms with Crippen LogP contribution in [0.15, 0.2) is 0 Å². The molecule has 0 aromatic heterocycles. The Bertz CT molecular complexity index is 201. The highest BCUT2D eigenvalue weighted by molar-refractivity contribution is 5.75.